The van der Waals surface area contributed by atoms with Gasteiger partial charge in [0.1, 0.15) is 11.8 Å². The Morgan fingerprint density at radius 3 is 2.81 bits per heavy atom. The number of rotatable bonds is 5. The predicted octanol–water partition coefficient (Wildman–Crippen LogP) is 2.88. The second-order valence-corrected chi connectivity index (χ2v) is 4.38. The van der Waals surface area contributed by atoms with E-state index in [0.29, 0.717) is 23.5 Å². The van der Waals surface area contributed by atoms with Crippen molar-refractivity contribution >= 4 is 11.7 Å². The van der Waals surface area contributed by atoms with Crippen LogP contribution in [0.5, 0.6) is 5.75 Å². The standard InChI is InChI=1S/C16H14N2O3/c1-21-14-6-5-13(9-17)15(8-14)18-10-11-3-2-4-12(7-11)16(19)20/h2-8,18H,10H2,1H3,(H,19,20). The number of anilines is 1. The van der Waals surface area contributed by atoms with Crippen molar-refractivity contribution in [2.75, 3.05) is 12.4 Å². The summed E-state index contributed by atoms with van der Waals surface area (Å²) in [7, 11) is 1.56. The first kappa shape index (κ1) is 14.4. The fourth-order valence-electron chi connectivity index (χ4n) is 1.91. The number of carboxylic acids is 1. The summed E-state index contributed by atoms with van der Waals surface area (Å²) >= 11 is 0. The molecule has 0 aliphatic rings. The maximum Gasteiger partial charge on any atom is 0.335 e. The van der Waals surface area contributed by atoms with E-state index in [0.717, 1.165) is 5.56 Å². The molecule has 0 aliphatic heterocycles. The van der Waals surface area contributed by atoms with Crippen molar-refractivity contribution in [2.24, 2.45) is 0 Å². The molecule has 2 N–H and O–H groups in total. The van der Waals surface area contributed by atoms with Crippen LogP contribution in [0.1, 0.15) is 21.5 Å². The van der Waals surface area contributed by atoms with Crippen molar-refractivity contribution in [3.63, 3.8) is 0 Å². The monoisotopic (exact) mass is 282 g/mol. The summed E-state index contributed by atoms with van der Waals surface area (Å²) in [5.41, 5.74) is 2.21. The number of methoxy groups -OCH3 is 1. The van der Waals surface area contributed by atoms with E-state index in [4.69, 9.17) is 15.1 Å². The molecule has 0 saturated heterocycles. The molecule has 2 aromatic carbocycles. The lowest BCUT2D eigenvalue weighted by molar-refractivity contribution is 0.0697. The van der Waals surface area contributed by atoms with Gasteiger partial charge in [-0.25, -0.2) is 4.79 Å². The number of nitriles is 1. The summed E-state index contributed by atoms with van der Waals surface area (Å²) in [4.78, 5) is 10.9. The van der Waals surface area contributed by atoms with Gasteiger partial charge in [-0.1, -0.05) is 12.1 Å². The van der Waals surface area contributed by atoms with Gasteiger partial charge in [0, 0.05) is 12.6 Å². The lowest BCUT2D eigenvalue weighted by Gasteiger charge is -2.10. The van der Waals surface area contributed by atoms with Crippen molar-refractivity contribution in [3.8, 4) is 11.8 Å². The Balaban J connectivity index is 2.18. The minimum Gasteiger partial charge on any atom is -0.497 e. The average molecular weight is 282 g/mol. The zero-order valence-corrected chi connectivity index (χ0v) is 11.5. The maximum atomic E-state index is 10.9. The molecule has 0 unspecified atom stereocenters. The van der Waals surface area contributed by atoms with E-state index in [-0.39, 0.29) is 5.56 Å². The number of aromatic carboxylic acids is 1. The van der Waals surface area contributed by atoms with E-state index >= 15 is 0 Å². The van der Waals surface area contributed by atoms with E-state index in [1.54, 1.807) is 37.4 Å². The average Bonchev–Trinajstić information content (AvgIpc) is 2.52. The number of benzene rings is 2. The minimum absolute atomic E-state index is 0.237. The zero-order valence-electron chi connectivity index (χ0n) is 11.5. The molecule has 0 heterocycles. The third-order valence-electron chi connectivity index (χ3n) is 3.00. The Morgan fingerprint density at radius 1 is 1.33 bits per heavy atom. The quantitative estimate of drug-likeness (QED) is 0.881. The second kappa shape index (κ2) is 6.44. The van der Waals surface area contributed by atoms with Crippen LogP contribution in [0.15, 0.2) is 42.5 Å². The van der Waals surface area contributed by atoms with Crippen molar-refractivity contribution < 1.29 is 14.6 Å². The number of carbonyl (C=O) groups is 1. The number of nitrogens with zero attached hydrogens (tertiary/aromatic N) is 1. The van der Waals surface area contributed by atoms with Crippen molar-refractivity contribution in [3.05, 3.63) is 59.2 Å². The minimum atomic E-state index is -0.962. The lowest BCUT2D eigenvalue weighted by Crippen LogP contribution is -2.03. The molecular formula is C16H14N2O3. The van der Waals surface area contributed by atoms with E-state index in [9.17, 15) is 4.79 Å². The van der Waals surface area contributed by atoms with Gasteiger partial charge in [0.15, 0.2) is 0 Å². The van der Waals surface area contributed by atoms with Crippen molar-refractivity contribution in [2.45, 2.75) is 6.54 Å². The Labute approximate surface area is 122 Å². The normalized spacial score (nSPS) is 9.71. The summed E-state index contributed by atoms with van der Waals surface area (Å²) < 4.78 is 5.13. The SMILES string of the molecule is COc1ccc(C#N)c(NCc2cccc(C(=O)O)c2)c1. The molecule has 21 heavy (non-hydrogen) atoms. The number of carboxylic acid groups (broad SMARTS) is 1. The third-order valence-corrected chi connectivity index (χ3v) is 3.00. The topological polar surface area (TPSA) is 82.3 Å². The van der Waals surface area contributed by atoms with Gasteiger partial charge in [0.2, 0.25) is 0 Å². The molecule has 0 fully saturated rings. The highest BCUT2D eigenvalue weighted by Crippen LogP contribution is 2.22. The third kappa shape index (κ3) is 3.51. The highest BCUT2D eigenvalue weighted by Gasteiger charge is 2.06. The van der Waals surface area contributed by atoms with E-state index < -0.39 is 5.97 Å². The van der Waals surface area contributed by atoms with E-state index in [1.807, 2.05) is 6.07 Å². The fourth-order valence-corrected chi connectivity index (χ4v) is 1.91. The highest BCUT2D eigenvalue weighted by molar-refractivity contribution is 5.87. The molecule has 0 aromatic heterocycles. The smallest absolute Gasteiger partial charge is 0.335 e. The number of nitrogens with one attached hydrogen (secondary N) is 1. The molecule has 0 aliphatic carbocycles. The van der Waals surface area contributed by atoms with Gasteiger partial charge >= 0.3 is 5.97 Å². The van der Waals surface area contributed by atoms with Crippen LogP contribution in [0.4, 0.5) is 5.69 Å². The van der Waals surface area contributed by atoms with Crippen LogP contribution < -0.4 is 10.1 Å². The largest absolute Gasteiger partial charge is 0.497 e. The van der Waals surface area contributed by atoms with Gasteiger partial charge in [-0.3, -0.25) is 0 Å². The second-order valence-electron chi connectivity index (χ2n) is 4.38. The number of hydrogen-bond donors (Lipinski definition) is 2. The van der Waals surface area contributed by atoms with Gasteiger partial charge in [-0.05, 0) is 29.8 Å². The molecule has 0 amide bonds. The molecule has 5 heteroatoms. The Morgan fingerprint density at radius 2 is 2.14 bits per heavy atom. The predicted molar refractivity (Wildman–Crippen MR) is 78.4 cm³/mol. The van der Waals surface area contributed by atoms with Crippen molar-refractivity contribution in [1.82, 2.24) is 0 Å². The molecule has 0 spiro atoms. The molecule has 0 radical (unpaired) electrons. The van der Waals surface area contributed by atoms with Crippen LogP contribution in [0.2, 0.25) is 0 Å². The van der Waals surface area contributed by atoms with Crippen LogP contribution >= 0.6 is 0 Å². The summed E-state index contributed by atoms with van der Waals surface area (Å²) in [6.07, 6.45) is 0. The van der Waals surface area contributed by atoms with Gasteiger partial charge in [0.25, 0.3) is 0 Å². The van der Waals surface area contributed by atoms with Gasteiger partial charge < -0.3 is 15.2 Å². The molecule has 0 saturated carbocycles. The Kier molecular flexibility index (Phi) is 4.42. The Bertz CT molecular complexity index is 705. The van der Waals surface area contributed by atoms with Gasteiger partial charge in [0.05, 0.1) is 23.9 Å². The molecule has 2 aromatic rings. The van der Waals surface area contributed by atoms with Crippen LogP contribution in [0, 0.1) is 11.3 Å². The first-order chi connectivity index (χ1) is 10.1. The van der Waals surface area contributed by atoms with Gasteiger partial charge in [-0.2, -0.15) is 5.26 Å². The molecular weight excluding hydrogens is 268 g/mol. The first-order valence-corrected chi connectivity index (χ1v) is 6.28. The fraction of sp³-hybridized carbons (Fsp3) is 0.125. The summed E-state index contributed by atoms with van der Waals surface area (Å²) in [5.74, 6) is -0.313. The van der Waals surface area contributed by atoms with E-state index in [1.165, 1.54) is 6.07 Å². The molecule has 0 atom stereocenters. The van der Waals surface area contributed by atoms with Crippen LogP contribution in [-0.4, -0.2) is 18.2 Å². The van der Waals surface area contributed by atoms with Crippen LogP contribution in [-0.2, 0) is 6.54 Å². The highest BCUT2D eigenvalue weighted by atomic mass is 16.5. The molecule has 5 nitrogen and oxygen atoms in total. The van der Waals surface area contributed by atoms with Crippen LogP contribution in [0.25, 0.3) is 0 Å². The molecule has 2 rings (SSSR count). The summed E-state index contributed by atoms with van der Waals surface area (Å²) in [6, 6.07) is 13.9. The summed E-state index contributed by atoms with van der Waals surface area (Å²) in [5, 5.41) is 21.2. The van der Waals surface area contributed by atoms with Crippen molar-refractivity contribution in [1.29, 1.82) is 5.26 Å². The zero-order chi connectivity index (χ0) is 15.2. The molecule has 106 valence electrons. The first-order valence-electron chi connectivity index (χ1n) is 6.28. The lowest BCUT2D eigenvalue weighted by atomic mass is 10.1. The van der Waals surface area contributed by atoms with Gasteiger partial charge in [-0.15, -0.1) is 0 Å². The summed E-state index contributed by atoms with van der Waals surface area (Å²) in [6.45, 7) is 0.420. The van der Waals surface area contributed by atoms with E-state index in [2.05, 4.69) is 11.4 Å². The molecule has 0 bridgehead atoms. The number of hydrogen-bond acceptors (Lipinski definition) is 4. The maximum absolute atomic E-state index is 10.9. The van der Waals surface area contributed by atoms with Crippen LogP contribution in [0.3, 0.4) is 0 Å². The Hall–Kier alpha value is -3.00. The number of ether oxygens (including phenoxy) is 1.